The summed E-state index contributed by atoms with van der Waals surface area (Å²) in [4.78, 5) is 22.6. The number of carbonyl (C=O) groups excluding carboxylic acids is 2. The summed E-state index contributed by atoms with van der Waals surface area (Å²) in [5.74, 6) is -0.597. The zero-order valence-corrected chi connectivity index (χ0v) is 12.7. The zero-order chi connectivity index (χ0) is 15.6. The highest BCUT2D eigenvalue weighted by Crippen LogP contribution is 2.24. The van der Waals surface area contributed by atoms with Crippen LogP contribution in [0.4, 0.5) is 5.69 Å². The van der Waals surface area contributed by atoms with Crippen LogP contribution in [0.25, 0.3) is 0 Å². The smallest absolute Gasteiger partial charge is 0.243 e. The number of hydrogen-bond donors (Lipinski definition) is 2. The van der Waals surface area contributed by atoms with Gasteiger partial charge in [-0.1, -0.05) is 6.07 Å². The molecule has 1 aliphatic heterocycles. The molecule has 0 radical (unpaired) electrons. The van der Waals surface area contributed by atoms with Crippen molar-refractivity contribution in [3.63, 3.8) is 0 Å². The van der Waals surface area contributed by atoms with Gasteiger partial charge in [-0.2, -0.15) is 4.31 Å². The molecule has 1 heterocycles. The lowest BCUT2D eigenvalue weighted by Crippen LogP contribution is -2.49. The van der Waals surface area contributed by atoms with E-state index in [0.29, 0.717) is 17.8 Å². The van der Waals surface area contributed by atoms with Crippen molar-refractivity contribution < 1.29 is 18.0 Å². The van der Waals surface area contributed by atoms with E-state index < -0.39 is 10.0 Å². The Kier molecular flexibility index (Phi) is 4.29. The number of nitrogens with one attached hydrogen (secondary N) is 2. The number of sulfonamides is 1. The van der Waals surface area contributed by atoms with Gasteiger partial charge in [0.1, 0.15) is 0 Å². The summed E-state index contributed by atoms with van der Waals surface area (Å²) in [7, 11) is -3.76. The number of aryl methyl sites for hydroxylation is 1. The van der Waals surface area contributed by atoms with E-state index >= 15 is 0 Å². The number of amides is 2. The van der Waals surface area contributed by atoms with Gasteiger partial charge in [0.05, 0.1) is 11.4 Å². The zero-order valence-electron chi connectivity index (χ0n) is 11.8. The van der Waals surface area contributed by atoms with Crippen molar-refractivity contribution in [1.82, 2.24) is 9.62 Å². The summed E-state index contributed by atoms with van der Waals surface area (Å²) in [6.07, 6.45) is 0. The van der Waals surface area contributed by atoms with Crippen molar-refractivity contribution in [2.45, 2.75) is 18.7 Å². The van der Waals surface area contributed by atoms with Crippen LogP contribution >= 0.6 is 0 Å². The Balaban J connectivity index is 2.38. The van der Waals surface area contributed by atoms with Crippen molar-refractivity contribution in [2.75, 3.05) is 25.0 Å². The summed E-state index contributed by atoms with van der Waals surface area (Å²) in [6.45, 7) is 3.37. The van der Waals surface area contributed by atoms with Crippen LogP contribution in [0, 0.1) is 6.92 Å². The average Bonchev–Trinajstić information content (AvgIpc) is 2.40. The first-order valence-corrected chi connectivity index (χ1v) is 7.90. The van der Waals surface area contributed by atoms with E-state index in [1.807, 2.05) is 0 Å². The molecule has 21 heavy (non-hydrogen) atoms. The monoisotopic (exact) mass is 311 g/mol. The molecule has 0 spiro atoms. The van der Waals surface area contributed by atoms with Gasteiger partial charge in [0.15, 0.2) is 0 Å². The number of piperazine rings is 1. The lowest BCUT2D eigenvalue weighted by molar-refractivity contribution is -0.122. The highest BCUT2D eigenvalue weighted by molar-refractivity contribution is 7.89. The minimum Gasteiger partial charge on any atom is -0.354 e. The Hall–Kier alpha value is -1.93. The molecule has 1 aromatic rings. The maximum Gasteiger partial charge on any atom is 0.243 e. The van der Waals surface area contributed by atoms with E-state index in [1.165, 1.54) is 13.0 Å². The standard InChI is InChI=1S/C13H17N3O4S/c1-9-3-4-11(15-10(2)17)7-12(9)21(19,20)16-6-5-14-13(18)8-16/h3-4,7H,5-6,8H2,1-2H3,(H,14,18)(H,15,17). The Labute approximate surface area is 123 Å². The van der Waals surface area contributed by atoms with Gasteiger partial charge in [0.2, 0.25) is 21.8 Å². The van der Waals surface area contributed by atoms with Crippen LogP contribution in [0.5, 0.6) is 0 Å². The Morgan fingerprint density at radius 3 is 2.71 bits per heavy atom. The van der Waals surface area contributed by atoms with Crippen molar-refractivity contribution in [1.29, 1.82) is 0 Å². The number of carbonyl (C=O) groups is 2. The van der Waals surface area contributed by atoms with Crippen LogP contribution in [0.1, 0.15) is 12.5 Å². The SMILES string of the molecule is CC(=O)Nc1ccc(C)c(S(=O)(=O)N2CCNC(=O)C2)c1. The van der Waals surface area contributed by atoms with Gasteiger partial charge < -0.3 is 10.6 Å². The van der Waals surface area contributed by atoms with Crippen LogP contribution < -0.4 is 10.6 Å². The molecule has 1 aliphatic rings. The summed E-state index contributed by atoms with van der Waals surface area (Å²) in [5.41, 5.74) is 0.975. The second-order valence-electron chi connectivity index (χ2n) is 4.85. The van der Waals surface area contributed by atoms with Gasteiger partial charge >= 0.3 is 0 Å². The fourth-order valence-electron chi connectivity index (χ4n) is 2.12. The largest absolute Gasteiger partial charge is 0.354 e. The minimum atomic E-state index is -3.76. The Morgan fingerprint density at radius 1 is 1.38 bits per heavy atom. The van der Waals surface area contributed by atoms with Gasteiger partial charge in [-0.05, 0) is 24.6 Å². The van der Waals surface area contributed by atoms with Crippen LogP contribution in [-0.4, -0.2) is 44.2 Å². The molecular weight excluding hydrogens is 294 g/mol. The molecule has 2 N–H and O–H groups in total. The van der Waals surface area contributed by atoms with Crippen LogP contribution in [0.3, 0.4) is 0 Å². The quantitative estimate of drug-likeness (QED) is 0.826. The Bertz CT molecular complexity index is 685. The predicted octanol–water partition coefficient (Wildman–Crippen LogP) is 0.0739. The number of hydrogen-bond acceptors (Lipinski definition) is 4. The maximum atomic E-state index is 12.6. The fraction of sp³-hybridized carbons (Fsp3) is 0.385. The molecule has 0 atom stereocenters. The highest BCUT2D eigenvalue weighted by Gasteiger charge is 2.30. The maximum absolute atomic E-state index is 12.6. The number of anilines is 1. The van der Waals surface area contributed by atoms with Crippen molar-refractivity contribution in [2.24, 2.45) is 0 Å². The fourth-order valence-corrected chi connectivity index (χ4v) is 3.77. The Morgan fingerprint density at radius 2 is 2.10 bits per heavy atom. The molecule has 0 bridgehead atoms. The molecule has 0 unspecified atom stereocenters. The lowest BCUT2D eigenvalue weighted by Gasteiger charge is -2.26. The van der Waals surface area contributed by atoms with Crippen LogP contribution in [0.2, 0.25) is 0 Å². The first kappa shape index (κ1) is 15.5. The number of nitrogens with zero attached hydrogens (tertiary/aromatic N) is 1. The molecule has 1 aromatic carbocycles. The van der Waals surface area contributed by atoms with Gasteiger partial charge in [0.25, 0.3) is 0 Å². The van der Waals surface area contributed by atoms with Gasteiger partial charge in [-0.25, -0.2) is 8.42 Å². The summed E-state index contributed by atoms with van der Waals surface area (Å²) >= 11 is 0. The van der Waals surface area contributed by atoms with Gasteiger partial charge in [-0.15, -0.1) is 0 Å². The van der Waals surface area contributed by atoms with E-state index in [0.717, 1.165) is 4.31 Å². The summed E-state index contributed by atoms with van der Waals surface area (Å²) in [5, 5.41) is 5.14. The number of rotatable bonds is 3. The molecule has 2 rings (SSSR count). The molecule has 0 saturated carbocycles. The second kappa shape index (κ2) is 5.82. The van der Waals surface area contributed by atoms with Crippen molar-refractivity contribution in [3.05, 3.63) is 23.8 Å². The average molecular weight is 311 g/mol. The molecule has 114 valence electrons. The van der Waals surface area contributed by atoms with E-state index in [-0.39, 0.29) is 29.8 Å². The van der Waals surface area contributed by atoms with Crippen LogP contribution in [0.15, 0.2) is 23.1 Å². The lowest BCUT2D eigenvalue weighted by atomic mass is 10.2. The summed E-state index contributed by atoms with van der Waals surface area (Å²) < 4.78 is 26.4. The second-order valence-corrected chi connectivity index (χ2v) is 6.76. The third-order valence-corrected chi connectivity index (χ3v) is 5.12. The van der Waals surface area contributed by atoms with Crippen LogP contribution in [-0.2, 0) is 19.6 Å². The molecule has 2 amide bonds. The van der Waals surface area contributed by atoms with E-state index in [9.17, 15) is 18.0 Å². The third-order valence-electron chi connectivity index (χ3n) is 3.13. The molecule has 0 aromatic heterocycles. The van der Waals surface area contributed by atoms with Crippen molar-refractivity contribution >= 4 is 27.5 Å². The van der Waals surface area contributed by atoms with Crippen molar-refractivity contribution in [3.8, 4) is 0 Å². The normalized spacial score (nSPS) is 16.4. The highest BCUT2D eigenvalue weighted by atomic mass is 32.2. The summed E-state index contributed by atoms with van der Waals surface area (Å²) in [6, 6.07) is 4.68. The van der Waals surface area contributed by atoms with E-state index in [1.54, 1.807) is 19.1 Å². The first-order valence-electron chi connectivity index (χ1n) is 6.46. The predicted molar refractivity (Wildman–Crippen MR) is 77.3 cm³/mol. The molecule has 0 aliphatic carbocycles. The molecule has 1 fully saturated rings. The third kappa shape index (κ3) is 3.40. The van der Waals surface area contributed by atoms with Gasteiger partial charge in [0, 0.05) is 25.7 Å². The van der Waals surface area contributed by atoms with E-state index in [2.05, 4.69) is 10.6 Å². The van der Waals surface area contributed by atoms with Gasteiger partial charge in [-0.3, -0.25) is 9.59 Å². The topological polar surface area (TPSA) is 95.6 Å². The first-order chi connectivity index (χ1) is 9.80. The molecular formula is C13H17N3O4S. The number of benzene rings is 1. The molecule has 7 nitrogen and oxygen atoms in total. The molecule has 1 saturated heterocycles. The molecule has 8 heteroatoms. The minimum absolute atomic E-state index is 0.100. The van der Waals surface area contributed by atoms with E-state index in [4.69, 9.17) is 0 Å².